The number of carbonyl (C=O) groups is 1. The van der Waals surface area contributed by atoms with Gasteiger partial charge in [0.05, 0.1) is 0 Å². The molecular weight excluding hydrogens is 268 g/mol. The summed E-state index contributed by atoms with van der Waals surface area (Å²) >= 11 is 0. The van der Waals surface area contributed by atoms with Gasteiger partial charge in [0, 0.05) is 37.7 Å². The van der Waals surface area contributed by atoms with E-state index in [9.17, 15) is 9.90 Å². The van der Waals surface area contributed by atoms with Crippen LogP contribution in [-0.2, 0) is 4.74 Å². The zero-order valence-electron chi connectivity index (χ0n) is 13.7. The third-order valence-electron chi connectivity index (χ3n) is 4.61. The van der Waals surface area contributed by atoms with Crippen LogP contribution < -0.4 is 5.32 Å². The van der Waals surface area contributed by atoms with Gasteiger partial charge in [-0.15, -0.1) is 0 Å². The minimum atomic E-state index is -0.437. The zero-order valence-corrected chi connectivity index (χ0v) is 13.7. The number of carbonyl (C=O) groups excluding carboxylic acids is 1. The highest BCUT2D eigenvalue weighted by Gasteiger charge is 2.35. The fourth-order valence-electron chi connectivity index (χ4n) is 3.30. The topological polar surface area (TPSA) is 61.8 Å². The first-order valence-corrected chi connectivity index (χ1v) is 8.16. The zero-order chi connectivity index (χ0) is 15.5. The van der Waals surface area contributed by atoms with Crippen LogP contribution in [0.5, 0.6) is 0 Å². The summed E-state index contributed by atoms with van der Waals surface area (Å²) in [6.45, 7) is 8.25. The van der Waals surface area contributed by atoms with Crippen LogP contribution in [0.15, 0.2) is 0 Å². The Kier molecular flexibility index (Phi) is 5.15. The molecule has 5 nitrogen and oxygen atoms in total. The highest BCUT2D eigenvalue weighted by atomic mass is 16.6. The van der Waals surface area contributed by atoms with E-state index in [1.165, 1.54) is 12.8 Å². The predicted molar refractivity (Wildman–Crippen MR) is 82.2 cm³/mol. The molecule has 21 heavy (non-hydrogen) atoms. The van der Waals surface area contributed by atoms with Crippen LogP contribution in [0.25, 0.3) is 0 Å². The SMILES string of the molecule is CC(C)(C)OC(=O)N1CCC(NCC2(CO)CCCC2)C1. The van der Waals surface area contributed by atoms with Crippen LogP contribution in [0.2, 0.25) is 0 Å². The number of ether oxygens (including phenoxy) is 1. The molecule has 0 aromatic carbocycles. The summed E-state index contributed by atoms with van der Waals surface area (Å²) in [7, 11) is 0. The van der Waals surface area contributed by atoms with Crippen molar-refractivity contribution in [3.8, 4) is 0 Å². The van der Waals surface area contributed by atoms with Gasteiger partial charge >= 0.3 is 6.09 Å². The van der Waals surface area contributed by atoms with Gasteiger partial charge in [0.2, 0.25) is 0 Å². The van der Waals surface area contributed by atoms with Crippen LogP contribution in [0.3, 0.4) is 0 Å². The highest BCUT2D eigenvalue weighted by molar-refractivity contribution is 5.68. The fraction of sp³-hybridized carbons (Fsp3) is 0.938. The normalized spacial score (nSPS) is 25.3. The number of aliphatic hydroxyl groups is 1. The van der Waals surface area contributed by atoms with E-state index in [0.717, 1.165) is 32.4 Å². The molecule has 0 bridgehead atoms. The molecule has 0 aromatic heterocycles. The molecule has 1 unspecified atom stereocenters. The molecular formula is C16H30N2O3. The number of likely N-dealkylation sites (tertiary alicyclic amines) is 1. The minimum absolute atomic E-state index is 0.0688. The van der Waals surface area contributed by atoms with Crippen molar-refractivity contribution in [2.24, 2.45) is 5.41 Å². The maximum atomic E-state index is 12.0. The van der Waals surface area contributed by atoms with Crippen LogP contribution in [0.4, 0.5) is 4.79 Å². The smallest absolute Gasteiger partial charge is 0.410 e. The second-order valence-corrected chi connectivity index (χ2v) is 7.66. The van der Waals surface area contributed by atoms with Crippen molar-refractivity contribution in [2.45, 2.75) is 64.5 Å². The fourth-order valence-corrected chi connectivity index (χ4v) is 3.30. The van der Waals surface area contributed by atoms with Gasteiger partial charge in [-0.05, 0) is 40.0 Å². The summed E-state index contributed by atoms with van der Waals surface area (Å²) in [6.07, 6.45) is 5.40. The number of nitrogens with zero attached hydrogens (tertiary/aromatic N) is 1. The lowest BCUT2D eigenvalue weighted by Crippen LogP contribution is -2.43. The van der Waals surface area contributed by atoms with Gasteiger partial charge in [-0.1, -0.05) is 12.8 Å². The van der Waals surface area contributed by atoms with Gasteiger partial charge in [0.1, 0.15) is 5.60 Å². The molecule has 1 saturated heterocycles. The first-order valence-electron chi connectivity index (χ1n) is 8.16. The van der Waals surface area contributed by atoms with Crippen LogP contribution >= 0.6 is 0 Å². The summed E-state index contributed by atoms with van der Waals surface area (Å²) in [5.74, 6) is 0. The number of amides is 1. The molecule has 1 amide bonds. The van der Waals surface area contributed by atoms with Gasteiger partial charge in [-0.3, -0.25) is 0 Å². The first kappa shape index (κ1) is 16.6. The predicted octanol–water partition coefficient (Wildman–Crippen LogP) is 2.14. The maximum Gasteiger partial charge on any atom is 0.410 e. The van der Waals surface area contributed by atoms with E-state index in [-0.39, 0.29) is 18.1 Å². The van der Waals surface area contributed by atoms with E-state index in [1.54, 1.807) is 4.90 Å². The highest BCUT2D eigenvalue weighted by Crippen LogP contribution is 2.37. The second-order valence-electron chi connectivity index (χ2n) is 7.66. The molecule has 2 aliphatic rings. The molecule has 1 aliphatic carbocycles. The quantitative estimate of drug-likeness (QED) is 0.835. The molecule has 2 rings (SSSR count). The minimum Gasteiger partial charge on any atom is -0.444 e. The van der Waals surface area contributed by atoms with Crippen molar-refractivity contribution < 1.29 is 14.6 Å². The van der Waals surface area contributed by atoms with Crippen LogP contribution in [0, 0.1) is 5.41 Å². The molecule has 1 heterocycles. The summed E-state index contributed by atoms with van der Waals surface area (Å²) in [4.78, 5) is 13.8. The monoisotopic (exact) mass is 298 g/mol. The van der Waals surface area contributed by atoms with Crippen molar-refractivity contribution in [2.75, 3.05) is 26.2 Å². The Morgan fingerprint density at radius 1 is 1.38 bits per heavy atom. The van der Waals surface area contributed by atoms with Gasteiger partial charge in [0.25, 0.3) is 0 Å². The average Bonchev–Trinajstić information content (AvgIpc) is 3.04. The van der Waals surface area contributed by atoms with Crippen molar-refractivity contribution in [1.82, 2.24) is 10.2 Å². The van der Waals surface area contributed by atoms with E-state index in [0.29, 0.717) is 12.6 Å². The van der Waals surface area contributed by atoms with E-state index in [1.807, 2.05) is 20.8 Å². The molecule has 0 radical (unpaired) electrons. The van der Waals surface area contributed by atoms with E-state index >= 15 is 0 Å². The summed E-state index contributed by atoms with van der Waals surface area (Å²) in [6, 6.07) is 0.321. The molecule has 2 fully saturated rings. The number of rotatable bonds is 4. The Morgan fingerprint density at radius 3 is 2.62 bits per heavy atom. The Balaban J connectivity index is 1.76. The third kappa shape index (κ3) is 4.58. The molecule has 1 aliphatic heterocycles. The van der Waals surface area contributed by atoms with Gasteiger partial charge in [0.15, 0.2) is 0 Å². The number of hydrogen-bond acceptors (Lipinski definition) is 4. The molecule has 0 aromatic rings. The van der Waals surface area contributed by atoms with Crippen molar-refractivity contribution in [1.29, 1.82) is 0 Å². The average molecular weight is 298 g/mol. The van der Waals surface area contributed by atoms with E-state index < -0.39 is 5.60 Å². The molecule has 2 N–H and O–H groups in total. The van der Waals surface area contributed by atoms with Crippen molar-refractivity contribution in [3.05, 3.63) is 0 Å². The summed E-state index contributed by atoms with van der Waals surface area (Å²) in [5.41, 5.74) is -0.368. The Labute approximate surface area is 128 Å². The van der Waals surface area contributed by atoms with E-state index in [4.69, 9.17) is 4.74 Å². The summed E-state index contributed by atoms with van der Waals surface area (Å²) < 4.78 is 5.41. The van der Waals surface area contributed by atoms with Crippen LogP contribution in [-0.4, -0.2) is 54.0 Å². The lowest BCUT2D eigenvalue weighted by atomic mass is 9.87. The molecule has 1 saturated carbocycles. The first-order chi connectivity index (χ1) is 9.84. The molecule has 5 heteroatoms. The molecule has 0 spiro atoms. The third-order valence-corrected chi connectivity index (χ3v) is 4.61. The molecule has 1 atom stereocenters. The summed E-state index contributed by atoms with van der Waals surface area (Å²) in [5, 5.41) is 13.2. The van der Waals surface area contributed by atoms with Crippen molar-refractivity contribution in [3.63, 3.8) is 0 Å². The lowest BCUT2D eigenvalue weighted by molar-refractivity contribution is 0.0289. The Bertz CT molecular complexity index is 359. The number of aliphatic hydroxyl groups excluding tert-OH is 1. The van der Waals surface area contributed by atoms with Crippen molar-refractivity contribution >= 4 is 6.09 Å². The largest absolute Gasteiger partial charge is 0.444 e. The van der Waals surface area contributed by atoms with Gasteiger partial charge in [-0.2, -0.15) is 0 Å². The van der Waals surface area contributed by atoms with Gasteiger partial charge < -0.3 is 20.1 Å². The number of nitrogens with one attached hydrogen (secondary N) is 1. The maximum absolute atomic E-state index is 12.0. The van der Waals surface area contributed by atoms with E-state index in [2.05, 4.69) is 5.32 Å². The van der Waals surface area contributed by atoms with Crippen LogP contribution in [0.1, 0.15) is 52.9 Å². The molecule has 122 valence electrons. The number of hydrogen-bond donors (Lipinski definition) is 2. The second kappa shape index (κ2) is 6.53. The standard InChI is InChI=1S/C16H30N2O3/c1-15(2,3)21-14(20)18-9-6-13(10-18)17-11-16(12-19)7-4-5-8-16/h13,17,19H,4-12H2,1-3H3. The lowest BCUT2D eigenvalue weighted by Gasteiger charge is -2.29. The Morgan fingerprint density at radius 2 is 2.05 bits per heavy atom. The van der Waals surface area contributed by atoms with Gasteiger partial charge in [-0.25, -0.2) is 4.79 Å². The Hall–Kier alpha value is -0.810.